The number of benzene rings is 2. The molecule has 2 aromatic carbocycles. The number of hydrogen-bond donors (Lipinski definition) is 1. The molecule has 1 aliphatic heterocycles. The number of nitrogens with zero attached hydrogens (tertiary/aromatic N) is 2. The minimum atomic E-state index is -3.54. The highest BCUT2D eigenvalue weighted by Crippen LogP contribution is 2.31. The van der Waals surface area contributed by atoms with Crippen LogP contribution >= 0.6 is 15.9 Å². The molecule has 2 aromatic rings. The van der Waals surface area contributed by atoms with Crippen LogP contribution in [0.3, 0.4) is 0 Å². The third-order valence-electron chi connectivity index (χ3n) is 5.84. The molecule has 9 heteroatoms. The lowest BCUT2D eigenvalue weighted by Gasteiger charge is -2.34. The maximum absolute atomic E-state index is 12.8. The van der Waals surface area contributed by atoms with Crippen LogP contribution in [0.5, 0.6) is 5.75 Å². The van der Waals surface area contributed by atoms with Gasteiger partial charge in [-0.15, -0.1) is 0 Å². The predicted octanol–water partition coefficient (Wildman–Crippen LogP) is 4.54. The summed E-state index contributed by atoms with van der Waals surface area (Å²) in [6, 6.07) is 12.8. The molecule has 1 aliphatic rings. The molecule has 1 fully saturated rings. The van der Waals surface area contributed by atoms with E-state index in [2.05, 4.69) is 54.2 Å². The number of urea groups is 1. The fourth-order valence-corrected chi connectivity index (χ4v) is 5.55. The van der Waals surface area contributed by atoms with Gasteiger partial charge in [0.15, 0.2) is 0 Å². The molecule has 0 unspecified atom stereocenters. The van der Waals surface area contributed by atoms with Crippen LogP contribution in [0.25, 0.3) is 0 Å². The number of piperazine rings is 1. The van der Waals surface area contributed by atoms with Crippen molar-refractivity contribution in [1.82, 2.24) is 14.5 Å². The first-order valence-electron chi connectivity index (χ1n) is 11.5. The Morgan fingerprint density at radius 2 is 1.71 bits per heavy atom. The van der Waals surface area contributed by atoms with E-state index in [1.807, 2.05) is 13.0 Å². The lowest BCUT2D eigenvalue weighted by Crippen LogP contribution is -2.53. The van der Waals surface area contributed by atoms with Crippen LogP contribution in [0.4, 0.5) is 4.79 Å². The summed E-state index contributed by atoms with van der Waals surface area (Å²) in [4.78, 5) is 14.4. The summed E-state index contributed by atoms with van der Waals surface area (Å²) in [6.07, 6.45) is 0.668. The highest BCUT2D eigenvalue weighted by molar-refractivity contribution is 9.10. The molecule has 0 aromatic heterocycles. The van der Waals surface area contributed by atoms with Gasteiger partial charge in [-0.1, -0.05) is 44.5 Å². The van der Waals surface area contributed by atoms with Crippen molar-refractivity contribution in [3.63, 3.8) is 0 Å². The predicted molar refractivity (Wildman–Crippen MR) is 138 cm³/mol. The van der Waals surface area contributed by atoms with Crippen molar-refractivity contribution in [2.45, 2.75) is 44.4 Å². The van der Waals surface area contributed by atoms with E-state index in [1.54, 1.807) is 29.2 Å². The van der Waals surface area contributed by atoms with E-state index in [1.165, 1.54) is 9.87 Å². The van der Waals surface area contributed by atoms with Gasteiger partial charge in [0.05, 0.1) is 16.0 Å². The summed E-state index contributed by atoms with van der Waals surface area (Å²) in [5, 5.41) is 2.90. The van der Waals surface area contributed by atoms with Crippen LogP contribution in [0.15, 0.2) is 51.8 Å². The van der Waals surface area contributed by atoms with Gasteiger partial charge < -0.3 is 15.0 Å². The van der Waals surface area contributed by atoms with Crippen molar-refractivity contribution in [2.75, 3.05) is 39.3 Å². The zero-order valence-corrected chi connectivity index (χ0v) is 22.7. The summed E-state index contributed by atoms with van der Waals surface area (Å²) in [7, 11) is -3.54. The number of amides is 2. The molecule has 3 rings (SSSR count). The molecule has 0 spiro atoms. The summed E-state index contributed by atoms with van der Waals surface area (Å²) in [6.45, 7) is 10.7. The zero-order chi connectivity index (χ0) is 24.9. The van der Waals surface area contributed by atoms with Crippen LogP contribution < -0.4 is 10.1 Å². The van der Waals surface area contributed by atoms with Gasteiger partial charge in [0.2, 0.25) is 10.0 Å². The molecule has 1 N–H and O–H groups in total. The second-order valence-corrected chi connectivity index (χ2v) is 12.3. The van der Waals surface area contributed by atoms with E-state index < -0.39 is 10.0 Å². The summed E-state index contributed by atoms with van der Waals surface area (Å²) in [5.41, 5.74) is 2.31. The quantitative estimate of drug-likeness (QED) is 0.512. The van der Waals surface area contributed by atoms with E-state index in [0.717, 1.165) is 15.8 Å². The van der Waals surface area contributed by atoms with Gasteiger partial charge in [-0.05, 0) is 64.5 Å². The number of halogens is 1. The largest absolute Gasteiger partial charge is 0.492 e. The molecule has 7 nitrogen and oxygen atoms in total. The van der Waals surface area contributed by atoms with Crippen LogP contribution in [0.2, 0.25) is 0 Å². The molecular formula is C25H34BrN3O4S. The Bertz CT molecular complexity index is 1090. The number of carbonyl (C=O) groups is 1. The van der Waals surface area contributed by atoms with Crippen LogP contribution in [0, 0.1) is 6.92 Å². The van der Waals surface area contributed by atoms with Gasteiger partial charge in [-0.25, -0.2) is 13.2 Å². The third kappa shape index (κ3) is 6.73. The van der Waals surface area contributed by atoms with Gasteiger partial charge in [-0.3, -0.25) is 0 Å². The first-order valence-corrected chi connectivity index (χ1v) is 13.7. The lowest BCUT2D eigenvalue weighted by molar-refractivity contribution is 0.171. The van der Waals surface area contributed by atoms with Gasteiger partial charge in [0.25, 0.3) is 0 Å². The third-order valence-corrected chi connectivity index (χ3v) is 8.37. The fraction of sp³-hybridized carbons (Fsp3) is 0.480. The van der Waals surface area contributed by atoms with Crippen molar-refractivity contribution in [3.8, 4) is 5.75 Å². The van der Waals surface area contributed by atoms with Crippen molar-refractivity contribution in [2.24, 2.45) is 0 Å². The van der Waals surface area contributed by atoms with Gasteiger partial charge >= 0.3 is 6.03 Å². The van der Waals surface area contributed by atoms with Crippen LogP contribution in [-0.4, -0.2) is 63.0 Å². The minimum Gasteiger partial charge on any atom is -0.492 e. The molecule has 0 radical (unpaired) electrons. The van der Waals surface area contributed by atoms with E-state index in [4.69, 9.17) is 4.74 Å². The number of sulfonamides is 1. The van der Waals surface area contributed by atoms with E-state index >= 15 is 0 Å². The monoisotopic (exact) mass is 551 g/mol. The Morgan fingerprint density at radius 3 is 2.29 bits per heavy atom. The Balaban J connectivity index is 1.39. The fourth-order valence-electron chi connectivity index (χ4n) is 3.64. The van der Waals surface area contributed by atoms with Gasteiger partial charge in [0, 0.05) is 32.7 Å². The number of nitrogens with one attached hydrogen (secondary N) is 1. The molecule has 34 heavy (non-hydrogen) atoms. The molecule has 1 saturated heterocycles. The second-order valence-electron chi connectivity index (χ2n) is 9.53. The maximum Gasteiger partial charge on any atom is 0.317 e. The number of rotatable bonds is 7. The first-order chi connectivity index (χ1) is 16.0. The number of hydrogen-bond acceptors (Lipinski definition) is 4. The Labute approximate surface area is 211 Å². The van der Waals surface area contributed by atoms with Crippen LogP contribution in [0.1, 0.15) is 38.3 Å². The molecule has 186 valence electrons. The molecule has 1 heterocycles. The Hall–Kier alpha value is -2.10. The molecule has 0 bridgehead atoms. The minimum absolute atomic E-state index is 0.0711. The van der Waals surface area contributed by atoms with E-state index in [0.29, 0.717) is 32.7 Å². The second kappa shape index (κ2) is 11.1. The molecular weight excluding hydrogens is 518 g/mol. The van der Waals surface area contributed by atoms with Crippen molar-refractivity contribution < 1.29 is 17.9 Å². The summed E-state index contributed by atoms with van der Waals surface area (Å²) < 4.78 is 33.8. The maximum atomic E-state index is 12.8. The lowest BCUT2D eigenvalue weighted by atomic mass is 9.87. The number of ether oxygens (including phenoxy) is 1. The van der Waals surface area contributed by atoms with Gasteiger partial charge in [-0.2, -0.15) is 4.31 Å². The molecule has 0 saturated carbocycles. The van der Waals surface area contributed by atoms with E-state index in [9.17, 15) is 13.2 Å². The topological polar surface area (TPSA) is 79.0 Å². The zero-order valence-electron chi connectivity index (χ0n) is 20.3. The van der Waals surface area contributed by atoms with Crippen molar-refractivity contribution >= 4 is 32.0 Å². The highest BCUT2D eigenvalue weighted by atomic mass is 79.9. The Kier molecular flexibility index (Phi) is 8.65. The van der Waals surface area contributed by atoms with Gasteiger partial charge in [0.1, 0.15) is 5.75 Å². The standard InChI is InChI=1S/C25H34BrN3O4S/c1-19-6-9-21(10-7-19)34(31,32)29-15-13-28(14-16-29)24(30)27-12-5-17-33-23-11-8-20(18-22(23)26)25(2,3)4/h6-11,18H,5,12-17H2,1-4H3,(H,27,30). The molecule has 2 amide bonds. The number of aryl methyl sites for hydroxylation is 1. The average Bonchev–Trinajstić information content (AvgIpc) is 2.79. The van der Waals surface area contributed by atoms with E-state index in [-0.39, 0.29) is 29.4 Å². The Morgan fingerprint density at radius 1 is 1.06 bits per heavy atom. The smallest absolute Gasteiger partial charge is 0.317 e. The molecule has 0 aliphatic carbocycles. The average molecular weight is 553 g/mol. The van der Waals surface area contributed by atoms with Crippen molar-refractivity contribution in [3.05, 3.63) is 58.1 Å². The highest BCUT2D eigenvalue weighted by Gasteiger charge is 2.30. The summed E-state index contributed by atoms with van der Waals surface area (Å²) >= 11 is 3.57. The first kappa shape index (κ1) is 26.5. The van der Waals surface area contributed by atoms with Crippen molar-refractivity contribution in [1.29, 1.82) is 0 Å². The normalized spacial score (nSPS) is 15.3. The molecule has 0 atom stereocenters. The SMILES string of the molecule is Cc1ccc(S(=O)(=O)N2CCN(C(=O)NCCCOc3ccc(C(C)(C)C)cc3Br)CC2)cc1. The summed E-state index contributed by atoms with van der Waals surface area (Å²) in [5.74, 6) is 0.783. The number of carbonyl (C=O) groups excluding carboxylic acids is 1. The van der Waals surface area contributed by atoms with Crippen LogP contribution in [-0.2, 0) is 15.4 Å².